The quantitative estimate of drug-likeness (QED) is 0.432. The van der Waals surface area contributed by atoms with Crippen LogP contribution in [0.3, 0.4) is 0 Å². The Morgan fingerprint density at radius 1 is 1.00 bits per heavy atom. The van der Waals surface area contributed by atoms with Crippen LogP contribution in [0.1, 0.15) is 33.9 Å². The third-order valence-corrected chi connectivity index (χ3v) is 5.18. The van der Waals surface area contributed by atoms with E-state index in [0.29, 0.717) is 29.2 Å². The second-order valence-electron chi connectivity index (χ2n) is 7.01. The van der Waals surface area contributed by atoms with Gasteiger partial charge in [0.25, 0.3) is 5.91 Å². The number of hydrogen-bond acceptors (Lipinski definition) is 6. The van der Waals surface area contributed by atoms with Crippen molar-refractivity contribution >= 4 is 29.9 Å². The molecule has 32 heavy (non-hydrogen) atoms. The first-order valence-electron chi connectivity index (χ1n) is 10.1. The van der Waals surface area contributed by atoms with Crippen LogP contribution in [0.15, 0.2) is 77.9 Å². The maximum atomic E-state index is 13.3. The lowest BCUT2D eigenvalue weighted by atomic mass is 9.97. The molecule has 0 saturated heterocycles. The van der Waals surface area contributed by atoms with Crippen molar-refractivity contribution in [2.75, 3.05) is 26.2 Å². The van der Waals surface area contributed by atoms with Gasteiger partial charge in [0, 0.05) is 23.2 Å². The van der Waals surface area contributed by atoms with E-state index in [4.69, 9.17) is 20.3 Å². The number of carbonyl (C=O) groups excluding carboxylic acids is 1. The number of rotatable bonds is 5. The summed E-state index contributed by atoms with van der Waals surface area (Å²) in [6.07, 6.45) is 2.24. The highest BCUT2D eigenvalue weighted by Crippen LogP contribution is 2.40. The number of benzene rings is 3. The molecule has 0 bridgehead atoms. The molecule has 0 aromatic heterocycles. The summed E-state index contributed by atoms with van der Waals surface area (Å²) < 4.78 is 11.0. The van der Waals surface area contributed by atoms with E-state index in [-0.39, 0.29) is 11.9 Å². The fraction of sp³-hybridized carbons (Fsp3) is 0.200. The van der Waals surface area contributed by atoms with Crippen LogP contribution in [0, 0.1) is 0 Å². The van der Waals surface area contributed by atoms with Crippen molar-refractivity contribution in [1.29, 1.82) is 0 Å². The summed E-state index contributed by atoms with van der Waals surface area (Å²) in [4.78, 5) is 13.3. The highest BCUT2D eigenvalue weighted by Gasteiger charge is 2.35. The summed E-state index contributed by atoms with van der Waals surface area (Å²) in [5.74, 6) is 1.20. The van der Waals surface area contributed by atoms with Crippen molar-refractivity contribution in [2.24, 2.45) is 5.10 Å². The normalized spacial score (nSPS) is 14.8. The van der Waals surface area contributed by atoms with Gasteiger partial charge in [-0.25, -0.2) is 5.01 Å². The van der Waals surface area contributed by atoms with Crippen LogP contribution in [0.5, 0.6) is 11.5 Å². The van der Waals surface area contributed by atoms with Gasteiger partial charge in [-0.3, -0.25) is 4.79 Å². The Bertz CT molecular complexity index is 1090. The van der Waals surface area contributed by atoms with Crippen LogP contribution >= 0.6 is 12.6 Å². The fourth-order valence-electron chi connectivity index (χ4n) is 3.60. The molecule has 1 aliphatic heterocycles. The lowest BCUT2D eigenvalue weighted by Gasteiger charge is -2.24. The summed E-state index contributed by atoms with van der Waals surface area (Å²) in [7, 11) is 3.23. The first-order chi connectivity index (χ1) is 15.6. The Morgan fingerprint density at radius 2 is 1.69 bits per heavy atom. The van der Waals surface area contributed by atoms with Crippen LogP contribution in [0.2, 0.25) is 0 Å². The third-order valence-electron chi connectivity index (χ3n) is 5.18. The van der Waals surface area contributed by atoms with Gasteiger partial charge in [0.15, 0.2) is 0 Å². The lowest BCUT2D eigenvalue weighted by molar-refractivity contribution is 0.0709. The van der Waals surface area contributed by atoms with Gasteiger partial charge in [-0.2, -0.15) is 17.7 Å². The Morgan fingerprint density at radius 3 is 2.31 bits per heavy atom. The number of nitrogens with two attached hydrogens (primary N) is 1. The number of nitrogen functional groups attached to an aromatic ring is 1. The zero-order chi connectivity index (χ0) is 23.1. The number of methoxy groups -OCH3 is 2. The second-order valence-corrected chi connectivity index (χ2v) is 7.01. The molecule has 1 amide bonds. The molecule has 1 unspecified atom stereocenters. The number of hydrazone groups is 1. The van der Waals surface area contributed by atoms with E-state index in [1.54, 1.807) is 32.6 Å². The molecule has 7 heteroatoms. The Labute approximate surface area is 194 Å². The zero-order valence-corrected chi connectivity index (χ0v) is 19.3. The van der Waals surface area contributed by atoms with Crippen molar-refractivity contribution in [3.63, 3.8) is 0 Å². The number of nitrogens with zero attached hydrogens (tertiary/aromatic N) is 2. The summed E-state index contributed by atoms with van der Waals surface area (Å²) >= 11 is 3.53. The molecule has 2 N–H and O–H groups in total. The smallest absolute Gasteiger partial charge is 0.274 e. The number of anilines is 1. The van der Waals surface area contributed by atoms with Crippen molar-refractivity contribution in [3.8, 4) is 11.5 Å². The monoisotopic (exact) mass is 449 g/mol. The van der Waals surface area contributed by atoms with E-state index in [1.807, 2.05) is 60.7 Å². The number of ether oxygens (including phenoxy) is 2. The van der Waals surface area contributed by atoms with Crippen molar-refractivity contribution in [1.82, 2.24) is 5.01 Å². The molecular weight excluding hydrogens is 422 g/mol. The maximum absolute atomic E-state index is 13.3. The molecule has 0 spiro atoms. The minimum atomic E-state index is -0.324. The van der Waals surface area contributed by atoms with Gasteiger partial charge in [-0.1, -0.05) is 30.3 Å². The van der Waals surface area contributed by atoms with Crippen molar-refractivity contribution in [2.45, 2.75) is 12.5 Å². The highest BCUT2D eigenvalue weighted by molar-refractivity contribution is 7.79. The average molecular weight is 450 g/mol. The minimum absolute atomic E-state index is 0.170. The molecule has 0 radical (unpaired) electrons. The number of hydrogen-bond donors (Lipinski definition) is 2. The number of thiol groups is 1. The predicted molar refractivity (Wildman–Crippen MR) is 132 cm³/mol. The molecule has 0 fully saturated rings. The van der Waals surface area contributed by atoms with Crippen LogP contribution < -0.4 is 15.2 Å². The fourth-order valence-corrected chi connectivity index (χ4v) is 3.60. The molecule has 0 saturated carbocycles. The summed E-state index contributed by atoms with van der Waals surface area (Å²) in [6, 6.07) is 21.9. The highest BCUT2D eigenvalue weighted by atomic mass is 32.1. The minimum Gasteiger partial charge on any atom is -0.497 e. The van der Waals surface area contributed by atoms with Crippen molar-refractivity contribution < 1.29 is 14.3 Å². The predicted octanol–water partition coefficient (Wildman–Crippen LogP) is 4.82. The van der Waals surface area contributed by atoms with Gasteiger partial charge in [-0.15, -0.1) is 0 Å². The van der Waals surface area contributed by atoms with Gasteiger partial charge < -0.3 is 15.2 Å². The molecular formula is C25H27N3O3S. The molecule has 3 aromatic rings. The van der Waals surface area contributed by atoms with E-state index < -0.39 is 0 Å². The van der Waals surface area contributed by atoms with Gasteiger partial charge in [0.1, 0.15) is 11.5 Å². The van der Waals surface area contributed by atoms with E-state index >= 15 is 0 Å². The van der Waals surface area contributed by atoms with Crippen LogP contribution in [-0.2, 0) is 0 Å². The maximum Gasteiger partial charge on any atom is 0.274 e. The van der Waals surface area contributed by atoms with E-state index in [9.17, 15) is 4.79 Å². The lowest BCUT2D eigenvalue weighted by Crippen LogP contribution is -2.27. The van der Waals surface area contributed by atoms with Gasteiger partial charge in [0.2, 0.25) is 0 Å². The zero-order valence-electron chi connectivity index (χ0n) is 18.4. The molecule has 6 nitrogen and oxygen atoms in total. The molecule has 0 aliphatic carbocycles. The first kappa shape index (κ1) is 23.2. The second kappa shape index (κ2) is 10.7. The average Bonchev–Trinajstić information content (AvgIpc) is 3.30. The van der Waals surface area contributed by atoms with E-state index in [2.05, 4.69) is 12.6 Å². The van der Waals surface area contributed by atoms with Gasteiger partial charge >= 0.3 is 0 Å². The third kappa shape index (κ3) is 4.89. The first-order valence-corrected chi connectivity index (χ1v) is 11.0. The van der Waals surface area contributed by atoms with Gasteiger partial charge in [0.05, 0.1) is 26.0 Å². The van der Waals surface area contributed by atoms with Crippen LogP contribution in [-0.4, -0.2) is 37.1 Å². The molecule has 166 valence electrons. The summed E-state index contributed by atoms with van der Waals surface area (Å²) in [5, 5.41) is 6.26. The summed E-state index contributed by atoms with van der Waals surface area (Å²) in [5.41, 5.74) is 9.67. The number of amides is 1. The Kier molecular flexibility index (Phi) is 7.78. The van der Waals surface area contributed by atoms with Gasteiger partial charge in [-0.05, 0) is 54.3 Å². The SMILES string of the molecule is COc1ccc(OC)c(C2CC(c3ccc(N)cc3)=NN2C(=O)c2ccccc2)c1.CS. The van der Waals surface area contributed by atoms with E-state index in [1.165, 1.54) is 5.01 Å². The van der Waals surface area contributed by atoms with E-state index in [0.717, 1.165) is 16.8 Å². The molecule has 3 aromatic carbocycles. The molecule has 1 aliphatic rings. The van der Waals surface area contributed by atoms with Crippen LogP contribution in [0.4, 0.5) is 5.69 Å². The number of carbonyl (C=O) groups is 1. The van der Waals surface area contributed by atoms with Crippen molar-refractivity contribution in [3.05, 3.63) is 89.5 Å². The standard InChI is InChI=1S/C24H23N3O3.CH4S/c1-29-19-12-13-23(30-2)20(14-19)22-15-21(16-8-10-18(25)11-9-16)26-27(22)24(28)17-6-4-3-5-7-17;1-2/h3-14,22H,15,25H2,1-2H3;2H,1H3. The topological polar surface area (TPSA) is 77.2 Å². The Hall–Kier alpha value is -3.45. The Balaban J connectivity index is 0.00000141. The molecule has 1 atom stereocenters. The van der Waals surface area contributed by atoms with Crippen LogP contribution in [0.25, 0.3) is 0 Å². The summed E-state index contributed by atoms with van der Waals surface area (Å²) in [6.45, 7) is 0. The molecule has 1 heterocycles. The molecule has 4 rings (SSSR count). The largest absolute Gasteiger partial charge is 0.497 e.